The smallest absolute Gasteiger partial charge is 0.414 e. The Morgan fingerprint density at radius 3 is 2.13 bits per heavy atom. The molecule has 1 aromatic rings. The summed E-state index contributed by atoms with van der Waals surface area (Å²) < 4.78 is 5.14. The maximum absolute atomic E-state index is 12.0. The highest BCUT2D eigenvalue weighted by molar-refractivity contribution is 6.27. The van der Waals surface area contributed by atoms with E-state index in [1.54, 1.807) is 18.4 Å². The molecule has 2 rings (SSSR count). The summed E-state index contributed by atoms with van der Waals surface area (Å²) in [7, 11) is 0. The molecule has 2 N–H and O–H groups in total. The molecule has 2 heterocycles. The lowest BCUT2D eigenvalue weighted by molar-refractivity contribution is -0.159. The second kappa shape index (κ2) is 8.94. The number of carboxylic acid groups (broad SMARTS) is 2. The second-order valence-corrected chi connectivity index (χ2v) is 5.17. The summed E-state index contributed by atoms with van der Waals surface area (Å²) in [5, 5.41) is 14.8. The monoisotopic (exact) mass is 326 g/mol. The maximum atomic E-state index is 12.0. The highest BCUT2D eigenvalue weighted by atomic mass is 16.4. The molecule has 1 amide bonds. The van der Waals surface area contributed by atoms with Crippen LogP contribution < -0.4 is 0 Å². The zero-order valence-electron chi connectivity index (χ0n) is 13.3. The van der Waals surface area contributed by atoms with Crippen molar-refractivity contribution in [2.45, 2.75) is 26.3 Å². The topological polar surface area (TPSA) is 111 Å². The van der Waals surface area contributed by atoms with Gasteiger partial charge in [0.25, 0.3) is 5.91 Å². The molecule has 0 aliphatic carbocycles. The van der Waals surface area contributed by atoms with Gasteiger partial charge in [-0.25, -0.2) is 9.59 Å². The Morgan fingerprint density at radius 2 is 1.74 bits per heavy atom. The molecule has 1 aliphatic heterocycles. The van der Waals surface area contributed by atoms with Gasteiger partial charge < -0.3 is 19.5 Å². The molecule has 8 nitrogen and oxygen atoms in total. The number of rotatable bonds is 3. The van der Waals surface area contributed by atoms with Crippen molar-refractivity contribution in [3.05, 3.63) is 24.2 Å². The van der Waals surface area contributed by atoms with Crippen molar-refractivity contribution in [1.82, 2.24) is 9.80 Å². The van der Waals surface area contributed by atoms with Gasteiger partial charge in [0.15, 0.2) is 5.76 Å². The molecule has 0 aromatic carbocycles. The van der Waals surface area contributed by atoms with Crippen molar-refractivity contribution >= 4 is 17.8 Å². The van der Waals surface area contributed by atoms with Gasteiger partial charge in [0, 0.05) is 32.2 Å². The molecule has 0 saturated carbocycles. The summed E-state index contributed by atoms with van der Waals surface area (Å²) in [6, 6.07) is 4.09. The Hall–Kier alpha value is -2.35. The van der Waals surface area contributed by atoms with Gasteiger partial charge in [-0.15, -0.1) is 0 Å². The van der Waals surface area contributed by atoms with Crippen molar-refractivity contribution in [3.8, 4) is 0 Å². The van der Waals surface area contributed by atoms with Crippen LogP contribution in [-0.2, 0) is 9.59 Å². The molecule has 0 spiro atoms. The third kappa shape index (κ3) is 5.74. The standard InChI is InChI=1S/C13H20N2O2.C2H2O4/c1-3-11(2)14-6-8-15(9-7-14)13(16)12-5-4-10-17-12;3-1(4)2(5)6/h4-5,10-11H,3,6-9H2,1-2H3;(H,3,4)(H,5,6). The minimum Gasteiger partial charge on any atom is -0.473 e. The zero-order chi connectivity index (χ0) is 17.4. The third-order valence-electron chi connectivity index (χ3n) is 3.73. The van der Waals surface area contributed by atoms with E-state index in [9.17, 15) is 4.79 Å². The number of piperazine rings is 1. The van der Waals surface area contributed by atoms with Gasteiger partial charge in [-0.2, -0.15) is 0 Å². The average Bonchev–Trinajstić information content (AvgIpc) is 3.08. The number of carboxylic acids is 2. The number of carbonyl (C=O) groups excluding carboxylic acids is 1. The fraction of sp³-hybridized carbons (Fsp3) is 0.533. The molecule has 23 heavy (non-hydrogen) atoms. The summed E-state index contributed by atoms with van der Waals surface area (Å²) in [6.07, 6.45) is 2.70. The van der Waals surface area contributed by atoms with Crippen LogP contribution in [0.3, 0.4) is 0 Å². The molecule has 128 valence electrons. The van der Waals surface area contributed by atoms with Gasteiger partial charge in [-0.3, -0.25) is 9.69 Å². The van der Waals surface area contributed by atoms with E-state index in [-0.39, 0.29) is 5.91 Å². The summed E-state index contributed by atoms with van der Waals surface area (Å²) in [6.45, 7) is 7.95. The molecule has 1 atom stereocenters. The highest BCUT2D eigenvalue weighted by Gasteiger charge is 2.25. The number of aliphatic carboxylic acids is 2. The van der Waals surface area contributed by atoms with Gasteiger partial charge in [-0.1, -0.05) is 6.92 Å². The van der Waals surface area contributed by atoms with E-state index in [2.05, 4.69) is 18.7 Å². The number of nitrogens with zero attached hydrogens (tertiary/aromatic N) is 2. The minimum atomic E-state index is -1.82. The van der Waals surface area contributed by atoms with E-state index >= 15 is 0 Å². The third-order valence-corrected chi connectivity index (χ3v) is 3.73. The van der Waals surface area contributed by atoms with Crippen LogP contribution in [-0.4, -0.2) is 70.1 Å². The van der Waals surface area contributed by atoms with Crippen LogP contribution in [0.1, 0.15) is 30.8 Å². The summed E-state index contributed by atoms with van der Waals surface area (Å²) in [5.74, 6) is -3.19. The first-order valence-corrected chi connectivity index (χ1v) is 7.39. The van der Waals surface area contributed by atoms with Gasteiger partial charge in [0.1, 0.15) is 0 Å². The van der Waals surface area contributed by atoms with Crippen LogP contribution in [0.15, 0.2) is 22.8 Å². The van der Waals surface area contributed by atoms with E-state index in [1.165, 1.54) is 0 Å². The van der Waals surface area contributed by atoms with Crippen LogP contribution in [0.2, 0.25) is 0 Å². The molecule has 1 unspecified atom stereocenters. The normalized spacial score (nSPS) is 16.2. The molecule has 1 saturated heterocycles. The lowest BCUT2D eigenvalue weighted by Gasteiger charge is -2.37. The van der Waals surface area contributed by atoms with Crippen LogP contribution in [0.25, 0.3) is 0 Å². The van der Waals surface area contributed by atoms with Gasteiger partial charge >= 0.3 is 11.9 Å². The van der Waals surface area contributed by atoms with Gasteiger partial charge in [0.2, 0.25) is 0 Å². The lowest BCUT2D eigenvalue weighted by atomic mass is 10.2. The molecule has 0 radical (unpaired) electrons. The van der Waals surface area contributed by atoms with E-state index in [1.807, 2.05) is 4.90 Å². The predicted molar refractivity (Wildman–Crippen MR) is 81.2 cm³/mol. The van der Waals surface area contributed by atoms with Crippen molar-refractivity contribution in [2.75, 3.05) is 26.2 Å². The maximum Gasteiger partial charge on any atom is 0.414 e. The highest BCUT2D eigenvalue weighted by Crippen LogP contribution is 2.12. The van der Waals surface area contributed by atoms with Crippen LogP contribution in [0, 0.1) is 0 Å². The van der Waals surface area contributed by atoms with Crippen LogP contribution in [0.4, 0.5) is 0 Å². The van der Waals surface area contributed by atoms with Crippen molar-refractivity contribution < 1.29 is 29.0 Å². The van der Waals surface area contributed by atoms with Crippen molar-refractivity contribution in [3.63, 3.8) is 0 Å². The minimum absolute atomic E-state index is 0.0128. The Morgan fingerprint density at radius 1 is 1.17 bits per heavy atom. The first-order valence-electron chi connectivity index (χ1n) is 7.39. The van der Waals surface area contributed by atoms with Crippen LogP contribution >= 0.6 is 0 Å². The quantitative estimate of drug-likeness (QED) is 0.797. The fourth-order valence-electron chi connectivity index (χ4n) is 2.18. The molecule has 1 fully saturated rings. The summed E-state index contributed by atoms with van der Waals surface area (Å²) in [5.41, 5.74) is 0. The lowest BCUT2D eigenvalue weighted by Crippen LogP contribution is -2.51. The van der Waals surface area contributed by atoms with E-state index < -0.39 is 11.9 Å². The van der Waals surface area contributed by atoms with E-state index in [4.69, 9.17) is 24.2 Å². The number of hydrogen-bond donors (Lipinski definition) is 2. The average molecular weight is 326 g/mol. The Balaban J connectivity index is 0.000000379. The SMILES string of the molecule is CCC(C)N1CCN(C(=O)c2ccco2)CC1.O=C(O)C(=O)O. The molecular weight excluding hydrogens is 304 g/mol. The fourth-order valence-corrected chi connectivity index (χ4v) is 2.18. The molecule has 1 aromatic heterocycles. The number of hydrogen-bond acceptors (Lipinski definition) is 5. The Kier molecular flexibility index (Phi) is 7.27. The Bertz CT molecular complexity index is 508. The van der Waals surface area contributed by atoms with Crippen molar-refractivity contribution in [1.29, 1.82) is 0 Å². The number of furan rings is 1. The largest absolute Gasteiger partial charge is 0.473 e. The Labute approximate surface area is 134 Å². The molecule has 0 bridgehead atoms. The summed E-state index contributed by atoms with van der Waals surface area (Å²) >= 11 is 0. The summed E-state index contributed by atoms with van der Waals surface area (Å²) in [4.78, 5) is 34.5. The van der Waals surface area contributed by atoms with Gasteiger partial charge in [-0.05, 0) is 25.5 Å². The van der Waals surface area contributed by atoms with E-state index in [0.29, 0.717) is 11.8 Å². The van der Waals surface area contributed by atoms with Crippen LogP contribution in [0.5, 0.6) is 0 Å². The molecule has 1 aliphatic rings. The zero-order valence-corrected chi connectivity index (χ0v) is 13.3. The van der Waals surface area contributed by atoms with Gasteiger partial charge in [0.05, 0.1) is 6.26 Å². The molecular formula is C15H22N2O6. The predicted octanol–water partition coefficient (Wildman–Crippen LogP) is 0.991. The first kappa shape index (κ1) is 18.7. The van der Waals surface area contributed by atoms with Crippen molar-refractivity contribution in [2.24, 2.45) is 0 Å². The first-order chi connectivity index (χ1) is 10.9. The number of amides is 1. The van der Waals surface area contributed by atoms with E-state index in [0.717, 1.165) is 32.6 Å². The molecule has 8 heteroatoms. The number of carbonyl (C=O) groups is 3. The second-order valence-electron chi connectivity index (χ2n) is 5.17.